The molecular formula is C39H48F2N6O7. The van der Waals surface area contributed by atoms with E-state index in [0.717, 1.165) is 19.0 Å². The monoisotopic (exact) mass is 750 g/mol. The number of alkyl carbamates (subject to hydrolysis) is 1. The van der Waals surface area contributed by atoms with Gasteiger partial charge in [0.05, 0.1) is 31.0 Å². The van der Waals surface area contributed by atoms with Gasteiger partial charge < -0.3 is 30.3 Å². The number of nitrogens with zero attached hydrogens (tertiary/aromatic N) is 3. The number of hydrogen-bond donors (Lipinski definition) is 3. The first kappa shape index (κ1) is 38.6. The highest BCUT2D eigenvalue weighted by atomic mass is 19.1. The fourth-order valence-electron chi connectivity index (χ4n) is 7.39. The largest absolute Gasteiger partial charge is 0.444 e. The number of amides is 5. The van der Waals surface area contributed by atoms with E-state index in [1.54, 1.807) is 39.8 Å². The van der Waals surface area contributed by atoms with E-state index in [1.807, 2.05) is 12.2 Å². The summed E-state index contributed by atoms with van der Waals surface area (Å²) in [5, 5.41) is 8.56. The van der Waals surface area contributed by atoms with Crippen LogP contribution >= 0.6 is 0 Å². The standard InChI is InChI=1S/C39H48F2N6O7/c1-23(30-16-15-26(40)19-42-30)43-35(50)39-18-25(39)12-8-6-5-7-9-14-31(44-36(51)54-38(2,3)4)34(49)47-21-27(17-32(47)33(48)45-39)53-37(52)46-20-24-11-10-13-29(41)28(24)22-46/h8,10-13,15-16,19,23,25,27,31-32H,5-7,9,14,17-18,20-22H2,1-4H3,(H,43,50)(H,44,51)(H,45,48)/b12-8-/t23-,25-,27+,31-,32-,39+/m0/s1. The molecule has 4 heterocycles. The van der Waals surface area contributed by atoms with E-state index in [9.17, 15) is 32.8 Å². The molecular weight excluding hydrogens is 702 g/mol. The molecule has 2 aromatic rings. The van der Waals surface area contributed by atoms with Gasteiger partial charge in [0.1, 0.15) is 41.0 Å². The molecule has 3 N–H and O–H groups in total. The van der Waals surface area contributed by atoms with Crippen LogP contribution in [0.1, 0.15) is 95.5 Å². The number of benzene rings is 1. The molecule has 0 bridgehead atoms. The van der Waals surface area contributed by atoms with Crippen LogP contribution in [0.3, 0.4) is 0 Å². The lowest BCUT2D eigenvalue weighted by molar-refractivity contribution is -0.141. The molecule has 0 spiro atoms. The maximum Gasteiger partial charge on any atom is 0.410 e. The molecule has 15 heteroatoms. The van der Waals surface area contributed by atoms with Crippen LogP contribution < -0.4 is 16.0 Å². The Hall–Kier alpha value is -5.08. The van der Waals surface area contributed by atoms with Crippen LogP contribution in [0.25, 0.3) is 0 Å². The molecule has 290 valence electrons. The van der Waals surface area contributed by atoms with Crippen molar-refractivity contribution in [2.24, 2.45) is 5.92 Å². The lowest BCUT2D eigenvalue weighted by Crippen LogP contribution is -2.58. The first-order valence-electron chi connectivity index (χ1n) is 18.6. The topological polar surface area (TPSA) is 159 Å². The zero-order valence-corrected chi connectivity index (χ0v) is 31.0. The van der Waals surface area contributed by atoms with Crippen molar-refractivity contribution in [3.05, 3.63) is 77.1 Å². The quantitative estimate of drug-likeness (QED) is 0.363. The number of carbonyl (C=O) groups excluding carboxylic acids is 5. The number of halogens is 2. The van der Waals surface area contributed by atoms with Crippen molar-refractivity contribution in [2.75, 3.05) is 6.54 Å². The maximum absolute atomic E-state index is 14.4. The summed E-state index contributed by atoms with van der Waals surface area (Å²) in [5.74, 6) is -2.91. The van der Waals surface area contributed by atoms with Crippen LogP contribution in [0.2, 0.25) is 0 Å². The summed E-state index contributed by atoms with van der Waals surface area (Å²) in [6, 6.07) is 4.55. The third kappa shape index (κ3) is 8.82. The van der Waals surface area contributed by atoms with E-state index in [1.165, 1.54) is 28.0 Å². The van der Waals surface area contributed by atoms with E-state index in [0.29, 0.717) is 36.1 Å². The third-order valence-electron chi connectivity index (χ3n) is 10.3. The first-order valence-corrected chi connectivity index (χ1v) is 18.6. The van der Waals surface area contributed by atoms with Crippen molar-refractivity contribution in [3.8, 4) is 0 Å². The number of aromatic nitrogens is 1. The Labute approximate surface area is 313 Å². The molecule has 13 nitrogen and oxygen atoms in total. The highest BCUT2D eigenvalue weighted by molar-refractivity contribution is 5.98. The zero-order chi connectivity index (χ0) is 38.8. The molecule has 1 aromatic heterocycles. The maximum atomic E-state index is 14.4. The van der Waals surface area contributed by atoms with Crippen LogP contribution in [-0.4, -0.2) is 80.6 Å². The molecule has 0 unspecified atom stereocenters. The average Bonchev–Trinajstić information content (AvgIpc) is 3.40. The van der Waals surface area contributed by atoms with Gasteiger partial charge in [0.15, 0.2) is 0 Å². The molecule has 0 radical (unpaired) electrons. The van der Waals surface area contributed by atoms with Gasteiger partial charge in [0.25, 0.3) is 0 Å². The van der Waals surface area contributed by atoms with E-state index in [-0.39, 0.29) is 38.4 Å². The lowest BCUT2D eigenvalue weighted by Gasteiger charge is -2.30. The SMILES string of the molecule is C[C@H](NC(=O)[C@@]12C[C@@H]1/C=C\CCCCC[C@H](NC(=O)OC(C)(C)C)C(=O)N1C[C@H](OC(=O)N3Cc4cccc(F)c4C3)C[C@H]1C(=O)N2)c1ccc(F)cn1. The fourth-order valence-corrected chi connectivity index (χ4v) is 7.39. The average molecular weight is 751 g/mol. The van der Waals surface area contributed by atoms with Crippen molar-refractivity contribution < 1.29 is 42.2 Å². The minimum atomic E-state index is -1.34. The summed E-state index contributed by atoms with van der Waals surface area (Å²) in [6.07, 6.45) is 5.90. The van der Waals surface area contributed by atoms with Gasteiger partial charge in [-0.3, -0.25) is 24.3 Å². The predicted octanol–water partition coefficient (Wildman–Crippen LogP) is 4.95. The number of carbonyl (C=O) groups is 5. The minimum absolute atomic E-state index is 0.0143. The van der Waals surface area contributed by atoms with Gasteiger partial charge in [-0.15, -0.1) is 0 Å². The molecule has 2 fully saturated rings. The third-order valence-corrected chi connectivity index (χ3v) is 10.3. The second kappa shape index (κ2) is 15.7. The number of allylic oxidation sites excluding steroid dienone is 1. The van der Waals surface area contributed by atoms with Gasteiger partial charge in [-0.05, 0) is 77.1 Å². The Morgan fingerprint density at radius 1 is 1.07 bits per heavy atom. The number of nitrogens with one attached hydrogen (secondary N) is 3. The highest BCUT2D eigenvalue weighted by Gasteiger charge is 2.61. The number of hydrogen-bond acceptors (Lipinski definition) is 8. The van der Waals surface area contributed by atoms with E-state index in [4.69, 9.17) is 9.47 Å². The number of ether oxygens (including phenoxy) is 2. The Balaban J connectivity index is 1.25. The first-order chi connectivity index (χ1) is 25.6. The van der Waals surface area contributed by atoms with Gasteiger partial charge >= 0.3 is 12.2 Å². The smallest absolute Gasteiger partial charge is 0.410 e. The Morgan fingerprint density at radius 3 is 2.59 bits per heavy atom. The Bertz CT molecular complexity index is 1800. The molecule has 6 atom stereocenters. The predicted molar refractivity (Wildman–Crippen MR) is 191 cm³/mol. The van der Waals surface area contributed by atoms with Gasteiger partial charge in [-0.25, -0.2) is 18.4 Å². The van der Waals surface area contributed by atoms with Crippen LogP contribution in [0, 0.1) is 17.6 Å². The number of rotatable bonds is 5. The summed E-state index contributed by atoms with van der Waals surface area (Å²) in [4.78, 5) is 75.7. The summed E-state index contributed by atoms with van der Waals surface area (Å²) in [5.41, 5.74) is -0.669. The molecule has 5 amide bonds. The van der Waals surface area contributed by atoms with Crippen molar-refractivity contribution in [1.82, 2.24) is 30.7 Å². The van der Waals surface area contributed by atoms with E-state index in [2.05, 4.69) is 20.9 Å². The van der Waals surface area contributed by atoms with Crippen molar-refractivity contribution >= 4 is 29.9 Å². The lowest BCUT2D eigenvalue weighted by atomic mass is 10.0. The van der Waals surface area contributed by atoms with Gasteiger partial charge in [-0.2, -0.15) is 0 Å². The second-order valence-corrected chi connectivity index (χ2v) is 15.6. The number of fused-ring (bicyclic) bond motifs is 3. The molecule has 54 heavy (non-hydrogen) atoms. The molecule has 1 aliphatic carbocycles. The Morgan fingerprint density at radius 2 is 1.87 bits per heavy atom. The van der Waals surface area contributed by atoms with Crippen molar-refractivity contribution in [2.45, 2.75) is 121 Å². The molecule has 3 aliphatic heterocycles. The minimum Gasteiger partial charge on any atom is -0.444 e. The molecule has 1 saturated carbocycles. The number of pyridine rings is 1. The van der Waals surface area contributed by atoms with Crippen LogP contribution in [0.4, 0.5) is 18.4 Å². The summed E-state index contributed by atoms with van der Waals surface area (Å²) < 4.78 is 39.3. The van der Waals surface area contributed by atoms with Gasteiger partial charge in [0, 0.05) is 24.4 Å². The molecule has 1 saturated heterocycles. The van der Waals surface area contributed by atoms with Crippen LogP contribution in [-0.2, 0) is 36.9 Å². The van der Waals surface area contributed by atoms with E-state index < -0.39 is 76.9 Å². The summed E-state index contributed by atoms with van der Waals surface area (Å²) in [6.45, 7) is 6.84. The second-order valence-electron chi connectivity index (χ2n) is 15.6. The molecule has 4 aliphatic rings. The summed E-state index contributed by atoms with van der Waals surface area (Å²) in [7, 11) is 0. The normalized spacial score (nSPS) is 26.9. The van der Waals surface area contributed by atoms with E-state index >= 15 is 0 Å². The van der Waals surface area contributed by atoms with Crippen molar-refractivity contribution in [3.63, 3.8) is 0 Å². The fraction of sp³-hybridized carbons (Fsp3) is 0.538. The zero-order valence-electron chi connectivity index (χ0n) is 31.0. The summed E-state index contributed by atoms with van der Waals surface area (Å²) >= 11 is 0. The van der Waals surface area contributed by atoms with Gasteiger partial charge in [-0.1, -0.05) is 37.1 Å². The van der Waals surface area contributed by atoms with Crippen LogP contribution in [0.15, 0.2) is 48.7 Å². The molecule has 6 rings (SSSR count). The highest BCUT2D eigenvalue weighted by Crippen LogP contribution is 2.46. The van der Waals surface area contributed by atoms with Gasteiger partial charge in [0.2, 0.25) is 17.7 Å². The van der Waals surface area contributed by atoms with Crippen LogP contribution in [0.5, 0.6) is 0 Å². The Kier molecular flexibility index (Phi) is 11.2. The van der Waals surface area contributed by atoms with Crippen molar-refractivity contribution in [1.29, 1.82) is 0 Å². The molecule has 1 aromatic carbocycles.